The molecule has 0 aliphatic heterocycles. The summed E-state index contributed by atoms with van der Waals surface area (Å²) in [4.78, 5) is 65.3. The van der Waals surface area contributed by atoms with E-state index in [2.05, 4.69) is 5.32 Å². The summed E-state index contributed by atoms with van der Waals surface area (Å²) in [6, 6.07) is 16.9. The summed E-state index contributed by atoms with van der Waals surface area (Å²) in [6.45, 7) is 14.0. The average Bonchev–Trinajstić information content (AvgIpc) is 3.01. The van der Waals surface area contributed by atoms with Crippen molar-refractivity contribution in [3.8, 4) is 0 Å². The van der Waals surface area contributed by atoms with Crippen LogP contribution >= 0.6 is 0 Å². The number of rotatable bonds is 18. The van der Waals surface area contributed by atoms with Crippen molar-refractivity contribution in [2.45, 2.75) is 118 Å². The molecule has 0 radical (unpaired) electrons. The van der Waals surface area contributed by atoms with Crippen LogP contribution < -0.4 is 5.32 Å². The summed E-state index contributed by atoms with van der Waals surface area (Å²) in [5.74, 6) is -3.43. The normalized spacial score (nSPS) is 14.5. The maximum atomic E-state index is 13.3. The molecule has 0 fully saturated rings. The van der Waals surface area contributed by atoms with Crippen LogP contribution in [0.5, 0.6) is 0 Å². The molecular weight excluding hydrogens is 618 g/mol. The molecule has 0 heterocycles. The van der Waals surface area contributed by atoms with Crippen molar-refractivity contribution in [3.05, 3.63) is 71.8 Å². The Morgan fingerprint density at radius 2 is 1.33 bits per heavy atom. The number of amides is 1. The number of nitrogens with one attached hydrogen (secondary N) is 1. The standard InChI is InChI=1S/C37H51NO10/c1-9-25(4)33(44-22-27-16-12-10-13-17-27)35(42)47-30(20-24(2)3)29(39)21-31(40)46-26(5)32(38-36(43)48-37(6,7)8)34(41)45-23-28-18-14-11-15-19-28/h10-19,24-26,30,32-33H,9,20-23H2,1-8H3,(H,38,43)/t25-,26+,30-,32-,33-/m0/s1. The van der Waals surface area contributed by atoms with E-state index in [0.29, 0.717) is 12.0 Å². The minimum atomic E-state index is -1.44. The van der Waals surface area contributed by atoms with Crippen molar-refractivity contribution >= 4 is 29.8 Å². The van der Waals surface area contributed by atoms with Crippen LogP contribution in [0.4, 0.5) is 4.79 Å². The van der Waals surface area contributed by atoms with Crippen LogP contribution in [-0.4, -0.2) is 59.7 Å². The molecule has 2 rings (SSSR count). The van der Waals surface area contributed by atoms with E-state index in [1.807, 2.05) is 64.1 Å². The molecule has 5 atom stereocenters. The van der Waals surface area contributed by atoms with Gasteiger partial charge in [0.2, 0.25) is 0 Å². The fourth-order valence-electron chi connectivity index (χ4n) is 4.51. The van der Waals surface area contributed by atoms with Gasteiger partial charge in [0, 0.05) is 0 Å². The lowest BCUT2D eigenvalue weighted by molar-refractivity contribution is -0.173. The number of benzene rings is 2. The number of ether oxygens (including phenoxy) is 5. The number of Topliss-reactive ketones (excluding diaryl/α,β-unsaturated/α-hetero) is 1. The Kier molecular flexibility index (Phi) is 16.3. The third-order valence-corrected chi connectivity index (χ3v) is 7.22. The molecule has 0 spiro atoms. The van der Waals surface area contributed by atoms with Gasteiger partial charge in [-0.1, -0.05) is 94.8 Å². The summed E-state index contributed by atoms with van der Waals surface area (Å²) >= 11 is 0. The van der Waals surface area contributed by atoms with E-state index in [4.69, 9.17) is 23.7 Å². The number of carbonyl (C=O) groups excluding carboxylic acids is 5. The topological polar surface area (TPSA) is 144 Å². The van der Waals surface area contributed by atoms with E-state index in [0.717, 1.165) is 5.56 Å². The monoisotopic (exact) mass is 669 g/mol. The lowest BCUT2D eigenvalue weighted by Crippen LogP contribution is -2.51. The van der Waals surface area contributed by atoms with Gasteiger partial charge in [-0.05, 0) is 57.1 Å². The van der Waals surface area contributed by atoms with E-state index in [1.165, 1.54) is 6.92 Å². The first-order chi connectivity index (χ1) is 22.6. The summed E-state index contributed by atoms with van der Waals surface area (Å²) in [7, 11) is 0. The maximum Gasteiger partial charge on any atom is 0.408 e. The number of hydrogen-bond donors (Lipinski definition) is 1. The molecule has 0 bridgehead atoms. The van der Waals surface area contributed by atoms with E-state index >= 15 is 0 Å². The molecule has 2 aromatic rings. The predicted octanol–water partition coefficient (Wildman–Crippen LogP) is 6.10. The van der Waals surface area contributed by atoms with Crippen LogP contribution in [0.2, 0.25) is 0 Å². The van der Waals surface area contributed by atoms with Gasteiger partial charge in [0.15, 0.2) is 24.0 Å². The van der Waals surface area contributed by atoms with Gasteiger partial charge in [-0.15, -0.1) is 0 Å². The molecule has 1 amide bonds. The van der Waals surface area contributed by atoms with Crippen molar-refractivity contribution in [2.24, 2.45) is 11.8 Å². The van der Waals surface area contributed by atoms with Gasteiger partial charge in [0.05, 0.1) is 6.61 Å². The zero-order valence-corrected chi connectivity index (χ0v) is 29.4. The van der Waals surface area contributed by atoms with Crippen molar-refractivity contribution < 1.29 is 47.7 Å². The third kappa shape index (κ3) is 14.7. The van der Waals surface area contributed by atoms with E-state index in [1.54, 1.807) is 45.0 Å². The second kappa shape index (κ2) is 19.5. The third-order valence-electron chi connectivity index (χ3n) is 7.22. The summed E-state index contributed by atoms with van der Waals surface area (Å²) in [5.41, 5.74) is 0.732. The number of hydrogen-bond acceptors (Lipinski definition) is 10. The van der Waals surface area contributed by atoms with Gasteiger partial charge >= 0.3 is 24.0 Å². The smallest absolute Gasteiger partial charge is 0.408 e. The molecule has 0 saturated carbocycles. The Morgan fingerprint density at radius 1 is 0.771 bits per heavy atom. The van der Waals surface area contributed by atoms with E-state index < -0.39 is 66.2 Å². The highest BCUT2D eigenvalue weighted by Crippen LogP contribution is 2.20. The highest BCUT2D eigenvalue weighted by molar-refractivity contribution is 5.99. The van der Waals surface area contributed by atoms with Gasteiger partial charge in [-0.25, -0.2) is 14.4 Å². The van der Waals surface area contributed by atoms with Crippen LogP contribution in [0.3, 0.4) is 0 Å². The molecule has 2 aromatic carbocycles. The Hall–Kier alpha value is -4.25. The molecule has 0 aliphatic rings. The molecule has 11 heteroatoms. The molecule has 264 valence electrons. The van der Waals surface area contributed by atoms with Gasteiger partial charge < -0.3 is 29.0 Å². The zero-order chi connectivity index (χ0) is 35.9. The van der Waals surface area contributed by atoms with Gasteiger partial charge in [0.1, 0.15) is 24.7 Å². The summed E-state index contributed by atoms with van der Waals surface area (Å²) in [5, 5.41) is 2.41. The Balaban J connectivity index is 2.12. The lowest BCUT2D eigenvalue weighted by Gasteiger charge is -2.27. The number of esters is 3. The van der Waals surface area contributed by atoms with Gasteiger partial charge in [-0.2, -0.15) is 0 Å². The predicted molar refractivity (Wildman–Crippen MR) is 178 cm³/mol. The van der Waals surface area contributed by atoms with Crippen molar-refractivity contribution in [1.82, 2.24) is 5.32 Å². The van der Waals surface area contributed by atoms with Crippen LogP contribution in [-0.2, 0) is 56.1 Å². The summed E-state index contributed by atoms with van der Waals surface area (Å²) < 4.78 is 27.8. The molecule has 11 nitrogen and oxygen atoms in total. The molecule has 48 heavy (non-hydrogen) atoms. The van der Waals surface area contributed by atoms with Crippen LogP contribution in [0.15, 0.2) is 60.7 Å². The first-order valence-corrected chi connectivity index (χ1v) is 16.4. The average molecular weight is 670 g/mol. The minimum absolute atomic E-state index is 0.0456. The Bertz CT molecular complexity index is 1320. The molecule has 0 aromatic heterocycles. The highest BCUT2D eigenvalue weighted by atomic mass is 16.6. The first kappa shape index (κ1) is 39.9. The van der Waals surface area contributed by atoms with Crippen molar-refractivity contribution in [2.75, 3.05) is 0 Å². The second-order valence-corrected chi connectivity index (χ2v) is 13.2. The zero-order valence-electron chi connectivity index (χ0n) is 29.4. The summed E-state index contributed by atoms with van der Waals surface area (Å²) in [6.07, 6.45) is -4.23. The fraction of sp³-hybridized carbons (Fsp3) is 0.541. The van der Waals surface area contributed by atoms with Crippen LogP contribution in [0.1, 0.15) is 85.8 Å². The molecule has 0 unspecified atom stereocenters. The second-order valence-electron chi connectivity index (χ2n) is 13.2. The Labute approximate surface area is 284 Å². The van der Waals surface area contributed by atoms with E-state index in [9.17, 15) is 24.0 Å². The quantitative estimate of drug-likeness (QED) is 0.112. The van der Waals surface area contributed by atoms with Crippen molar-refractivity contribution in [3.63, 3.8) is 0 Å². The van der Waals surface area contributed by atoms with Crippen molar-refractivity contribution in [1.29, 1.82) is 0 Å². The minimum Gasteiger partial charge on any atom is -0.459 e. The maximum absolute atomic E-state index is 13.3. The molecular formula is C37H51NO10. The molecule has 1 N–H and O–H groups in total. The fourth-order valence-corrected chi connectivity index (χ4v) is 4.51. The number of ketones is 1. The Morgan fingerprint density at radius 3 is 1.85 bits per heavy atom. The molecule has 0 aliphatic carbocycles. The van der Waals surface area contributed by atoms with Gasteiger partial charge in [0.25, 0.3) is 0 Å². The van der Waals surface area contributed by atoms with Gasteiger partial charge in [-0.3, -0.25) is 9.59 Å². The molecule has 0 saturated heterocycles. The largest absolute Gasteiger partial charge is 0.459 e. The van der Waals surface area contributed by atoms with Crippen LogP contribution in [0, 0.1) is 11.8 Å². The SMILES string of the molecule is CC[C@H](C)[C@H](OCc1ccccc1)C(=O)O[C@@H](CC(C)C)C(=O)CC(=O)O[C@H](C)[C@H](NC(=O)OC(C)(C)C)C(=O)OCc1ccccc1. The van der Waals surface area contributed by atoms with Crippen LogP contribution in [0.25, 0.3) is 0 Å². The highest BCUT2D eigenvalue weighted by Gasteiger charge is 2.36. The first-order valence-electron chi connectivity index (χ1n) is 16.4. The van der Waals surface area contributed by atoms with E-state index in [-0.39, 0.29) is 31.5 Å². The number of alkyl carbamates (subject to hydrolysis) is 1. The lowest BCUT2D eigenvalue weighted by atomic mass is 9.99. The number of carbonyl (C=O) groups is 5.